The second-order valence-electron chi connectivity index (χ2n) is 3.74. The van der Waals surface area contributed by atoms with E-state index in [0.29, 0.717) is 12.1 Å². The summed E-state index contributed by atoms with van der Waals surface area (Å²) in [7, 11) is 0. The van der Waals surface area contributed by atoms with E-state index in [0.717, 1.165) is 6.42 Å². The van der Waals surface area contributed by atoms with E-state index in [4.69, 9.17) is 8.81 Å². The average molecular weight is 279 g/mol. The Morgan fingerprint density at radius 3 is 2.33 bits per heavy atom. The quantitative estimate of drug-likeness (QED) is 0.756. The summed E-state index contributed by atoms with van der Waals surface area (Å²) in [5.74, 6) is 0. The van der Waals surface area contributed by atoms with Gasteiger partial charge in [0.1, 0.15) is 0 Å². The zero-order valence-corrected chi connectivity index (χ0v) is 11.6. The maximum absolute atomic E-state index is 5.79. The van der Waals surface area contributed by atoms with Crippen LogP contribution in [0.4, 0.5) is 0 Å². The third-order valence-corrected chi connectivity index (χ3v) is 7.14. The molecular formula is C9H22NOSn+. The Morgan fingerprint density at radius 2 is 1.92 bits per heavy atom. The molecule has 0 aromatic rings. The van der Waals surface area contributed by atoms with Crippen molar-refractivity contribution in [3.05, 3.63) is 0 Å². The van der Waals surface area contributed by atoms with Crippen LogP contribution in [0.5, 0.6) is 0 Å². The first-order valence-corrected chi connectivity index (χ1v) is 10.8. The van der Waals surface area contributed by atoms with Crippen molar-refractivity contribution in [3.8, 4) is 0 Å². The van der Waals surface area contributed by atoms with Crippen molar-refractivity contribution in [1.29, 1.82) is 0 Å². The van der Waals surface area contributed by atoms with E-state index in [9.17, 15) is 0 Å². The molecule has 0 spiro atoms. The Hall–Kier alpha value is 0.719. The molecule has 0 amide bonds. The summed E-state index contributed by atoms with van der Waals surface area (Å²) in [6.07, 6.45) is 2.84. The molecular weight excluding hydrogens is 257 g/mol. The predicted molar refractivity (Wildman–Crippen MR) is 55.5 cm³/mol. The van der Waals surface area contributed by atoms with Crippen molar-refractivity contribution in [2.24, 2.45) is 5.73 Å². The summed E-state index contributed by atoms with van der Waals surface area (Å²) in [6, 6.07) is 0.361. The van der Waals surface area contributed by atoms with Gasteiger partial charge >= 0.3 is 84.1 Å². The predicted octanol–water partition coefficient (Wildman–Crippen LogP) is 2.16. The Morgan fingerprint density at radius 1 is 1.33 bits per heavy atom. The van der Waals surface area contributed by atoms with Gasteiger partial charge in [-0.25, -0.2) is 0 Å². The summed E-state index contributed by atoms with van der Waals surface area (Å²) in [6.45, 7) is 6.31. The fourth-order valence-corrected chi connectivity index (χ4v) is 5.77. The zero-order valence-electron chi connectivity index (χ0n) is 8.76. The van der Waals surface area contributed by atoms with Crippen molar-refractivity contribution in [1.82, 2.24) is 0 Å². The molecule has 0 bridgehead atoms. The van der Waals surface area contributed by atoms with Crippen LogP contribution >= 0.6 is 0 Å². The molecule has 12 heavy (non-hydrogen) atoms. The molecule has 1 atom stereocenters. The standard InChI is InChI=1S/C5H12N.C3H7O.CH3.Sn/c1-3-4-5(2)6;1-3(2)4;;/h5H,1,3-4,6H2,2H3;3H,1-2H3;1H3;/q;-1;;+2. The average Bonchev–Trinajstić information content (AvgIpc) is 1.84. The van der Waals surface area contributed by atoms with Crippen LogP contribution in [0.2, 0.25) is 9.38 Å². The molecule has 2 nitrogen and oxygen atoms in total. The molecule has 1 unspecified atom stereocenters. The molecule has 2 N–H and O–H groups in total. The summed E-state index contributed by atoms with van der Waals surface area (Å²) in [5, 5.41) is 0. The van der Waals surface area contributed by atoms with Gasteiger partial charge in [-0.1, -0.05) is 0 Å². The van der Waals surface area contributed by atoms with Crippen LogP contribution in [0.3, 0.4) is 0 Å². The van der Waals surface area contributed by atoms with Crippen LogP contribution in [0.15, 0.2) is 0 Å². The van der Waals surface area contributed by atoms with Gasteiger partial charge in [-0.2, -0.15) is 0 Å². The van der Waals surface area contributed by atoms with Crippen LogP contribution in [0, 0.1) is 0 Å². The minimum atomic E-state index is -1.40. The van der Waals surface area contributed by atoms with E-state index in [-0.39, 0.29) is 0 Å². The molecule has 0 aromatic carbocycles. The third kappa shape index (κ3) is 8.81. The van der Waals surface area contributed by atoms with Gasteiger partial charge in [0.2, 0.25) is 0 Å². The first-order chi connectivity index (χ1) is 5.52. The van der Waals surface area contributed by atoms with Crippen LogP contribution in [0.1, 0.15) is 33.6 Å². The van der Waals surface area contributed by atoms with Crippen LogP contribution in [0.25, 0.3) is 0 Å². The molecule has 0 aliphatic heterocycles. The molecule has 72 valence electrons. The van der Waals surface area contributed by atoms with Crippen LogP contribution in [-0.2, 0) is 3.07 Å². The fraction of sp³-hybridized carbons (Fsp3) is 1.00. The van der Waals surface area contributed by atoms with Crippen molar-refractivity contribution >= 4 is 20.2 Å². The SMILES string of the molecule is CC(N)CC[CH2][Sn+]([CH3])[O]C(C)C. The monoisotopic (exact) mass is 280 g/mol. The van der Waals surface area contributed by atoms with Crippen molar-refractivity contribution in [2.75, 3.05) is 0 Å². The van der Waals surface area contributed by atoms with E-state index < -0.39 is 20.2 Å². The molecule has 0 heterocycles. The molecule has 0 saturated carbocycles. The van der Waals surface area contributed by atoms with Gasteiger partial charge in [0.05, 0.1) is 0 Å². The molecule has 3 heteroatoms. The first-order valence-electron chi connectivity index (χ1n) is 4.77. The van der Waals surface area contributed by atoms with Crippen molar-refractivity contribution in [3.63, 3.8) is 0 Å². The topological polar surface area (TPSA) is 35.2 Å². The number of hydrogen-bond acceptors (Lipinski definition) is 2. The Bertz CT molecular complexity index is 107. The van der Waals surface area contributed by atoms with E-state index in [2.05, 4.69) is 25.7 Å². The minimum absolute atomic E-state index is 0.361. The van der Waals surface area contributed by atoms with Crippen LogP contribution < -0.4 is 5.73 Å². The summed E-state index contributed by atoms with van der Waals surface area (Å²) in [4.78, 5) is 2.32. The first kappa shape index (κ1) is 12.7. The Kier molecular flexibility index (Phi) is 7.58. The van der Waals surface area contributed by atoms with Gasteiger partial charge in [-0.3, -0.25) is 0 Å². The Labute approximate surface area is 84.1 Å². The number of rotatable bonds is 6. The molecule has 0 radical (unpaired) electrons. The molecule has 0 rings (SSSR count). The van der Waals surface area contributed by atoms with Gasteiger partial charge in [0, 0.05) is 0 Å². The fourth-order valence-electron chi connectivity index (χ4n) is 1.13. The van der Waals surface area contributed by atoms with Crippen molar-refractivity contribution in [2.45, 2.75) is 55.1 Å². The van der Waals surface area contributed by atoms with E-state index in [1.54, 1.807) is 0 Å². The van der Waals surface area contributed by atoms with E-state index in [1.165, 1.54) is 10.9 Å². The molecule has 0 aromatic heterocycles. The van der Waals surface area contributed by atoms with Gasteiger partial charge < -0.3 is 0 Å². The summed E-state index contributed by atoms with van der Waals surface area (Å²) in [5.41, 5.74) is 5.66. The zero-order chi connectivity index (χ0) is 9.56. The van der Waals surface area contributed by atoms with Crippen molar-refractivity contribution < 1.29 is 3.07 Å². The van der Waals surface area contributed by atoms with Gasteiger partial charge in [-0.15, -0.1) is 0 Å². The number of nitrogens with two attached hydrogens (primary N) is 1. The summed E-state index contributed by atoms with van der Waals surface area (Å²) >= 11 is -1.40. The normalized spacial score (nSPS) is 13.5. The van der Waals surface area contributed by atoms with E-state index in [1.807, 2.05) is 0 Å². The molecule has 0 aliphatic rings. The second kappa shape index (κ2) is 7.15. The molecule has 0 aliphatic carbocycles. The number of hydrogen-bond donors (Lipinski definition) is 1. The summed E-state index contributed by atoms with van der Waals surface area (Å²) < 4.78 is 7.11. The third-order valence-electron chi connectivity index (χ3n) is 1.63. The van der Waals surface area contributed by atoms with Gasteiger partial charge in [0.25, 0.3) is 0 Å². The van der Waals surface area contributed by atoms with Gasteiger partial charge in [0.15, 0.2) is 0 Å². The second-order valence-corrected chi connectivity index (χ2v) is 9.85. The van der Waals surface area contributed by atoms with Crippen LogP contribution in [-0.4, -0.2) is 32.3 Å². The van der Waals surface area contributed by atoms with E-state index >= 15 is 0 Å². The molecule has 0 fully saturated rings. The van der Waals surface area contributed by atoms with Gasteiger partial charge in [-0.05, 0) is 0 Å². The maximum atomic E-state index is 5.79. The Balaban J connectivity index is 3.25. The molecule has 0 saturated heterocycles.